The number of carbonyl (C=O) groups is 1. The van der Waals surface area contributed by atoms with Crippen LogP contribution in [0.1, 0.15) is 23.7 Å². The van der Waals surface area contributed by atoms with Crippen LogP contribution in [0.25, 0.3) is 0 Å². The van der Waals surface area contributed by atoms with E-state index in [2.05, 4.69) is 10.2 Å². The molecule has 2 saturated heterocycles. The molecule has 1 atom stereocenters. The van der Waals surface area contributed by atoms with Crippen molar-refractivity contribution in [3.05, 3.63) is 29.8 Å². The number of morpholine rings is 1. The van der Waals surface area contributed by atoms with E-state index in [1.165, 1.54) is 0 Å². The first kappa shape index (κ1) is 16.3. The van der Waals surface area contributed by atoms with Gasteiger partial charge in [0.1, 0.15) is 0 Å². The van der Waals surface area contributed by atoms with Gasteiger partial charge < -0.3 is 15.0 Å². The molecule has 2 aliphatic heterocycles. The van der Waals surface area contributed by atoms with Gasteiger partial charge in [0.15, 0.2) is 9.84 Å². The maximum atomic E-state index is 12.4. The fraction of sp³-hybridized carbons (Fsp3) is 0.562. The molecular formula is C16H22N2O4S. The average molecular weight is 338 g/mol. The average Bonchev–Trinajstić information content (AvgIpc) is 2.81. The van der Waals surface area contributed by atoms with Crippen LogP contribution in [-0.2, 0) is 14.6 Å². The standard InChI is InChI=1S/C16H22N2O4S/c1-16(6-11-23(20,21)12-16)17-15(19)13-2-4-14(5-3-13)18-7-9-22-10-8-18/h2-5H,6-12H2,1H3,(H,17,19)/t16-/m1/s1. The molecule has 2 heterocycles. The number of benzene rings is 1. The Morgan fingerprint density at radius 3 is 2.43 bits per heavy atom. The van der Waals surface area contributed by atoms with Crippen molar-refractivity contribution in [3.8, 4) is 0 Å². The minimum absolute atomic E-state index is 0.0115. The predicted molar refractivity (Wildman–Crippen MR) is 88.6 cm³/mol. The lowest BCUT2D eigenvalue weighted by molar-refractivity contribution is 0.0915. The monoisotopic (exact) mass is 338 g/mol. The molecule has 0 bridgehead atoms. The number of ether oxygens (including phenoxy) is 1. The summed E-state index contributed by atoms with van der Waals surface area (Å²) in [6.45, 7) is 4.92. The van der Waals surface area contributed by atoms with Gasteiger partial charge in [-0.1, -0.05) is 0 Å². The van der Waals surface area contributed by atoms with Gasteiger partial charge in [-0.25, -0.2) is 8.42 Å². The summed E-state index contributed by atoms with van der Waals surface area (Å²) < 4.78 is 28.6. The van der Waals surface area contributed by atoms with Gasteiger partial charge in [-0.2, -0.15) is 0 Å². The van der Waals surface area contributed by atoms with Crippen molar-refractivity contribution >= 4 is 21.4 Å². The van der Waals surface area contributed by atoms with Gasteiger partial charge in [0.05, 0.1) is 30.3 Å². The molecule has 2 aliphatic rings. The second kappa shape index (κ2) is 6.13. The molecule has 1 N–H and O–H groups in total. The van der Waals surface area contributed by atoms with Gasteiger partial charge in [-0.15, -0.1) is 0 Å². The fourth-order valence-corrected chi connectivity index (χ4v) is 5.19. The first-order valence-electron chi connectivity index (χ1n) is 7.83. The molecule has 1 amide bonds. The van der Waals surface area contributed by atoms with E-state index in [0.29, 0.717) is 12.0 Å². The van der Waals surface area contributed by atoms with Crippen LogP contribution in [0.5, 0.6) is 0 Å². The fourth-order valence-electron chi connectivity index (χ4n) is 3.10. The highest BCUT2D eigenvalue weighted by atomic mass is 32.2. The third-order valence-corrected chi connectivity index (χ3v) is 6.33. The molecule has 0 saturated carbocycles. The second-order valence-corrected chi connectivity index (χ2v) is 8.69. The molecule has 0 aliphatic carbocycles. The lowest BCUT2D eigenvalue weighted by Crippen LogP contribution is -2.46. The Bertz CT molecular complexity index is 681. The van der Waals surface area contributed by atoms with Crippen molar-refractivity contribution < 1.29 is 17.9 Å². The van der Waals surface area contributed by atoms with Crippen molar-refractivity contribution in [1.82, 2.24) is 5.32 Å². The third-order valence-electron chi connectivity index (χ3n) is 4.42. The number of hydrogen-bond donors (Lipinski definition) is 1. The van der Waals surface area contributed by atoms with E-state index in [1.807, 2.05) is 12.1 Å². The summed E-state index contributed by atoms with van der Waals surface area (Å²) in [5.41, 5.74) is 0.950. The molecule has 0 unspecified atom stereocenters. The summed E-state index contributed by atoms with van der Waals surface area (Å²) in [5.74, 6) is -0.0738. The van der Waals surface area contributed by atoms with Crippen LogP contribution in [-0.4, -0.2) is 57.7 Å². The highest BCUT2D eigenvalue weighted by Gasteiger charge is 2.39. The molecule has 1 aromatic carbocycles. The molecule has 0 spiro atoms. The zero-order valence-electron chi connectivity index (χ0n) is 13.2. The van der Waals surface area contributed by atoms with Crippen molar-refractivity contribution in [1.29, 1.82) is 0 Å². The SMILES string of the molecule is C[C@@]1(NC(=O)c2ccc(N3CCOCC3)cc2)CCS(=O)(=O)C1. The number of hydrogen-bond acceptors (Lipinski definition) is 5. The Morgan fingerprint density at radius 2 is 1.87 bits per heavy atom. The van der Waals surface area contributed by atoms with E-state index in [1.54, 1.807) is 19.1 Å². The summed E-state index contributed by atoms with van der Waals surface area (Å²) >= 11 is 0. The summed E-state index contributed by atoms with van der Waals surface area (Å²) in [6.07, 6.45) is 0.465. The minimum atomic E-state index is -3.04. The van der Waals surface area contributed by atoms with E-state index >= 15 is 0 Å². The highest BCUT2D eigenvalue weighted by molar-refractivity contribution is 7.91. The molecule has 7 heteroatoms. The number of nitrogens with zero attached hydrogens (tertiary/aromatic N) is 1. The number of carbonyl (C=O) groups excluding carboxylic acids is 1. The van der Waals surface area contributed by atoms with Gasteiger partial charge in [-0.3, -0.25) is 4.79 Å². The van der Waals surface area contributed by atoms with Crippen LogP contribution in [0.4, 0.5) is 5.69 Å². The van der Waals surface area contributed by atoms with Crippen LogP contribution in [0.2, 0.25) is 0 Å². The Kier molecular flexibility index (Phi) is 4.33. The van der Waals surface area contributed by atoms with E-state index in [4.69, 9.17) is 4.74 Å². The third kappa shape index (κ3) is 3.84. The Hall–Kier alpha value is -1.60. The van der Waals surface area contributed by atoms with E-state index < -0.39 is 15.4 Å². The first-order chi connectivity index (χ1) is 10.9. The number of nitrogens with one attached hydrogen (secondary N) is 1. The van der Waals surface area contributed by atoms with Gasteiger partial charge in [0, 0.05) is 24.3 Å². The molecular weight excluding hydrogens is 316 g/mol. The number of anilines is 1. The molecule has 126 valence electrons. The Labute approximate surface area is 136 Å². The molecule has 1 aromatic rings. The van der Waals surface area contributed by atoms with E-state index in [-0.39, 0.29) is 17.4 Å². The van der Waals surface area contributed by atoms with Crippen molar-refractivity contribution in [3.63, 3.8) is 0 Å². The zero-order chi connectivity index (χ0) is 16.5. The lowest BCUT2D eigenvalue weighted by atomic mass is 10.0. The van der Waals surface area contributed by atoms with Crippen molar-refractivity contribution in [2.45, 2.75) is 18.9 Å². The van der Waals surface area contributed by atoms with Crippen molar-refractivity contribution in [2.24, 2.45) is 0 Å². The zero-order valence-corrected chi connectivity index (χ0v) is 14.1. The van der Waals surface area contributed by atoms with Crippen LogP contribution < -0.4 is 10.2 Å². The Balaban J connectivity index is 1.66. The van der Waals surface area contributed by atoms with Gasteiger partial charge in [0.2, 0.25) is 0 Å². The van der Waals surface area contributed by atoms with E-state index in [0.717, 1.165) is 32.0 Å². The molecule has 23 heavy (non-hydrogen) atoms. The lowest BCUT2D eigenvalue weighted by Gasteiger charge is -2.29. The molecule has 2 fully saturated rings. The smallest absolute Gasteiger partial charge is 0.251 e. The topological polar surface area (TPSA) is 75.7 Å². The number of sulfone groups is 1. The van der Waals surface area contributed by atoms with E-state index in [9.17, 15) is 13.2 Å². The van der Waals surface area contributed by atoms with Crippen LogP contribution in [0, 0.1) is 0 Å². The predicted octanol–water partition coefficient (Wildman–Crippen LogP) is 0.830. The first-order valence-corrected chi connectivity index (χ1v) is 9.65. The number of rotatable bonds is 3. The summed E-state index contributed by atoms with van der Waals surface area (Å²) in [4.78, 5) is 14.6. The van der Waals surface area contributed by atoms with Crippen LogP contribution in [0.3, 0.4) is 0 Å². The number of amides is 1. The second-order valence-electron chi connectivity index (χ2n) is 6.50. The van der Waals surface area contributed by atoms with Crippen molar-refractivity contribution in [2.75, 3.05) is 42.7 Å². The molecule has 0 aromatic heterocycles. The highest BCUT2D eigenvalue weighted by Crippen LogP contribution is 2.24. The van der Waals surface area contributed by atoms with Crippen LogP contribution in [0.15, 0.2) is 24.3 Å². The maximum Gasteiger partial charge on any atom is 0.251 e. The molecule has 3 rings (SSSR count). The van der Waals surface area contributed by atoms with Gasteiger partial charge in [-0.05, 0) is 37.6 Å². The normalized spacial score (nSPS) is 26.9. The summed E-state index contributed by atoms with van der Waals surface area (Å²) in [7, 11) is -3.04. The summed E-state index contributed by atoms with van der Waals surface area (Å²) in [6, 6.07) is 7.42. The minimum Gasteiger partial charge on any atom is -0.378 e. The van der Waals surface area contributed by atoms with Crippen LogP contribution >= 0.6 is 0 Å². The van der Waals surface area contributed by atoms with Gasteiger partial charge in [0.25, 0.3) is 5.91 Å². The maximum absolute atomic E-state index is 12.4. The Morgan fingerprint density at radius 1 is 1.22 bits per heavy atom. The quantitative estimate of drug-likeness (QED) is 0.883. The molecule has 6 nitrogen and oxygen atoms in total. The summed E-state index contributed by atoms with van der Waals surface area (Å²) in [5, 5.41) is 2.87. The largest absolute Gasteiger partial charge is 0.378 e. The van der Waals surface area contributed by atoms with Gasteiger partial charge >= 0.3 is 0 Å². The molecule has 0 radical (unpaired) electrons.